The van der Waals surface area contributed by atoms with Gasteiger partial charge in [-0.3, -0.25) is 0 Å². The van der Waals surface area contributed by atoms with Gasteiger partial charge in [0, 0.05) is 18.6 Å². The lowest BCUT2D eigenvalue weighted by Gasteiger charge is -2.10. The van der Waals surface area contributed by atoms with Crippen LogP contribution in [0.3, 0.4) is 0 Å². The number of alkyl halides is 3. The van der Waals surface area contributed by atoms with E-state index in [1.165, 1.54) is 18.2 Å². The molecule has 0 aliphatic rings. The average Bonchev–Trinajstić information content (AvgIpc) is 2.26. The third kappa shape index (κ3) is 5.98. The van der Waals surface area contributed by atoms with E-state index in [0.717, 1.165) is 0 Å². The Morgan fingerprint density at radius 2 is 2.00 bits per heavy atom. The molecule has 0 saturated carbocycles. The van der Waals surface area contributed by atoms with Crippen LogP contribution >= 0.6 is 12.2 Å². The molecular formula is C12H13F4NOS. The Bertz CT molecular complexity index is 448. The van der Waals surface area contributed by atoms with Crippen molar-refractivity contribution in [1.82, 2.24) is 0 Å². The quantitative estimate of drug-likeness (QED) is 0.497. The minimum Gasteiger partial charge on any atom is -0.389 e. The maximum Gasteiger partial charge on any atom is 0.389 e. The number of hydrogen-bond donors (Lipinski definition) is 1. The van der Waals surface area contributed by atoms with Gasteiger partial charge in [0.25, 0.3) is 0 Å². The lowest BCUT2D eigenvalue weighted by molar-refractivity contribution is -0.138. The lowest BCUT2D eigenvalue weighted by atomic mass is 10.1. The summed E-state index contributed by atoms with van der Waals surface area (Å²) in [4.78, 5) is 0.0916. The largest absolute Gasteiger partial charge is 0.389 e. The number of halogens is 4. The Balaban J connectivity index is 2.49. The van der Waals surface area contributed by atoms with Gasteiger partial charge in [-0.2, -0.15) is 13.2 Å². The van der Waals surface area contributed by atoms with Crippen molar-refractivity contribution in [2.45, 2.75) is 25.6 Å². The summed E-state index contributed by atoms with van der Waals surface area (Å²) >= 11 is 4.79. The molecule has 19 heavy (non-hydrogen) atoms. The fourth-order valence-corrected chi connectivity index (χ4v) is 1.68. The predicted molar refractivity (Wildman–Crippen MR) is 67.2 cm³/mol. The van der Waals surface area contributed by atoms with Crippen molar-refractivity contribution < 1.29 is 22.3 Å². The molecule has 0 aliphatic carbocycles. The highest BCUT2D eigenvalue weighted by Crippen LogP contribution is 2.21. The van der Waals surface area contributed by atoms with E-state index in [1.54, 1.807) is 0 Å². The molecule has 0 heterocycles. The third-order valence-corrected chi connectivity index (χ3v) is 2.56. The summed E-state index contributed by atoms with van der Waals surface area (Å²) in [6.07, 6.45) is -5.23. The molecule has 0 spiro atoms. The maximum absolute atomic E-state index is 13.1. The number of ether oxygens (including phenoxy) is 1. The summed E-state index contributed by atoms with van der Waals surface area (Å²) in [5.74, 6) is -0.478. The lowest BCUT2D eigenvalue weighted by Crippen LogP contribution is -2.14. The number of nitrogens with two attached hydrogens (primary N) is 1. The van der Waals surface area contributed by atoms with Crippen LogP contribution in [0.5, 0.6) is 0 Å². The molecule has 2 N–H and O–H groups in total. The molecule has 0 unspecified atom stereocenters. The van der Waals surface area contributed by atoms with Gasteiger partial charge >= 0.3 is 6.18 Å². The van der Waals surface area contributed by atoms with Crippen LogP contribution in [0, 0.1) is 5.82 Å². The van der Waals surface area contributed by atoms with E-state index in [-0.39, 0.29) is 24.6 Å². The van der Waals surface area contributed by atoms with Crippen LogP contribution in [0.2, 0.25) is 0 Å². The summed E-state index contributed by atoms with van der Waals surface area (Å²) in [6, 6.07) is 3.84. The van der Waals surface area contributed by atoms with Crippen LogP contribution in [-0.2, 0) is 11.3 Å². The molecule has 1 aromatic carbocycles. The smallest absolute Gasteiger partial charge is 0.389 e. The number of thiocarbonyl (C=S) groups is 1. The molecule has 1 aromatic rings. The van der Waals surface area contributed by atoms with Crippen molar-refractivity contribution in [2.24, 2.45) is 5.73 Å². The Labute approximate surface area is 113 Å². The molecule has 0 atom stereocenters. The zero-order chi connectivity index (χ0) is 14.5. The second kappa shape index (κ2) is 6.81. The number of rotatable bonds is 6. The maximum atomic E-state index is 13.1. The van der Waals surface area contributed by atoms with Gasteiger partial charge in [-0.25, -0.2) is 4.39 Å². The third-order valence-electron chi connectivity index (χ3n) is 2.34. The molecule has 7 heteroatoms. The van der Waals surface area contributed by atoms with Gasteiger partial charge in [-0.1, -0.05) is 12.2 Å². The van der Waals surface area contributed by atoms with E-state index in [1.807, 2.05) is 0 Å². The van der Waals surface area contributed by atoms with Crippen molar-refractivity contribution in [3.05, 3.63) is 35.1 Å². The van der Waals surface area contributed by atoms with Gasteiger partial charge in [0.1, 0.15) is 10.8 Å². The van der Waals surface area contributed by atoms with E-state index in [0.29, 0.717) is 11.1 Å². The molecule has 0 saturated heterocycles. The van der Waals surface area contributed by atoms with Crippen LogP contribution in [0.25, 0.3) is 0 Å². The Morgan fingerprint density at radius 1 is 1.32 bits per heavy atom. The first kappa shape index (κ1) is 15.8. The monoisotopic (exact) mass is 295 g/mol. The molecule has 0 fully saturated rings. The molecule has 0 aliphatic heterocycles. The van der Waals surface area contributed by atoms with E-state index in [4.69, 9.17) is 22.7 Å². The highest BCUT2D eigenvalue weighted by Gasteiger charge is 2.25. The summed E-state index contributed by atoms with van der Waals surface area (Å²) in [6.45, 7) is -0.0882. The van der Waals surface area contributed by atoms with Gasteiger partial charge in [0.05, 0.1) is 6.61 Å². The zero-order valence-electron chi connectivity index (χ0n) is 9.97. The zero-order valence-corrected chi connectivity index (χ0v) is 10.8. The highest BCUT2D eigenvalue weighted by molar-refractivity contribution is 7.80. The SMILES string of the molecule is NC(=S)c1ccc(F)cc1COCCCC(F)(F)F. The topological polar surface area (TPSA) is 35.2 Å². The summed E-state index contributed by atoms with van der Waals surface area (Å²) in [5, 5.41) is 0. The fraction of sp³-hybridized carbons (Fsp3) is 0.417. The molecule has 0 bridgehead atoms. The first-order valence-corrected chi connectivity index (χ1v) is 5.93. The second-order valence-electron chi connectivity index (χ2n) is 3.94. The standard InChI is InChI=1S/C12H13F4NOS/c13-9-2-3-10(11(17)19)8(6-9)7-18-5-1-4-12(14,15)16/h2-3,6H,1,4-5,7H2,(H2,17,19). The van der Waals surface area contributed by atoms with Gasteiger partial charge < -0.3 is 10.5 Å². The minimum atomic E-state index is -4.19. The Hall–Kier alpha value is -1.21. The van der Waals surface area contributed by atoms with Crippen LogP contribution in [0.15, 0.2) is 18.2 Å². The molecule has 1 rings (SSSR count). The summed E-state index contributed by atoms with van der Waals surface area (Å²) < 4.78 is 53.8. The Kier molecular flexibility index (Phi) is 5.68. The summed E-state index contributed by atoms with van der Waals surface area (Å²) in [7, 11) is 0. The molecule has 106 valence electrons. The average molecular weight is 295 g/mol. The summed E-state index contributed by atoms with van der Waals surface area (Å²) in [5.41, 5.74) is 6.35. The van der Waals surface area contributed by atoms with Gasteiger partial charge in [0.15, 0.2) is 0 Å². The molecule has 0 aromatic heterocycles. The first-order chi connectivity index (χ1) is 8.79. The van der Waals surface area contributed by atoms with Crippen molar-refractivity contribution in [2.75, 3.05) is 6.61 Å². The van der Waals surface area contributed by atoms with E-state index in [2.05, 4.69) is 0 Å². The van der Waals surface area contributed by atoms with Crippen LogP contribution in [0.1, 0.15) is 24.0 Å². The molecule has 2 nitrogen and oxygen atoms in total. The van der Waals surface area contributed by atoms with Crippen molar-refractivity contribution in [3.63, 3.8) is 0 Å². The van der Waals surface area contributed by atoms with Gasteiger partial charge in [0.2, 0.25) is 0 Å². The van der Waals surface area contributed by atoms with Crippen LogP contribution < -0.4 is 5.73 Å². The fourth-order valence-electron chi connectivity index (χ4n) is 1.48. The molecule has 0 radical (unpaired) electrons. The predicted octanol–water partition coefficient (Wildman–Crippen LogP) is 3.32. The van der Waals surface area contributed by atoms with Gasteiger partial charge in [-0.05, 0) is 30.2 Å². The normalized spacial score (nSPS) is 11.6. The van der Waals surface area contributed by atoms with E-state index in [9.17, 15) is 17.6 Å². The van der Waals surface area contributed by atoms with Gasteiger partial charge in [-0.15, -0.1) is 0 Å². The molecule has 0 amide bonds. The number of benzene rings is 1. The highest BCUT2D eigenvalue weighted by atomic mass is 32.1. The molecular weight excluding hydrogens is 282 g/mol. The van der Waals surface area contributed by atoms with Crippen molar-refractivity contribution >= 4 is 17.2 Å². The van der Waals surface area contributed by atoms with E-state index >= 15 is 0 Å². The van der Waals surface area contributed by atoms with Crippen LogP contribution in [0.4, 0.5) is 17.6 Å². The minimum absolute atomic E-state index is 0.0255. The number of hydrogen-bond acceptors (Lipinski definition) is 2. The van der Waals surface area contributed by atoms with Crippen molar-refractivity contribution in [1.29, 1.82) is 0 Å². The van der Waals surface area contributed by atoms with Crippen LogP contribution in [-0.4, -0.2) is 17.8 Å². The van der Waals surface area contributed by atoms with Crippen molar-refractivity contribution in [3.8, 4) is 0 Å². The Morgan fingerprint density at radius 3 is 2.58 bits per heavy atom. The second-order valence-corrected chi connectivity index (χ2v) is 4.38. The first-order valence-electron chi connectivity index (χ1n) is 5.52. The van der Waals surface area contributed by atoms with E-state index < -0.39 is 18.4 Å².